The van der Waals surface area contributed by atoms with E-state index in [0.717, 1.165) is 19.3 Å². The Morgan fingerprint density at radius 2 is 2.21 bits per heavy atom. The molecular formula is C18H23N3O3. The van der Waals surface area contributed by atoms with Crippen molar-refractivity contribution in [2.75, 3.05) is 25.0 Å². The lowest BCUT2D eigenvalue weighted by Gasteiger charge is -2.19. The third kappa shape index (κ3) is 5.92. The van der Waals surface area contributed by atoms with Gasteiger partial charge >= 0.3 is 0 Å². The molecule has 24 heavy (non-hydrogen) atoms. The lowest BCUT2D eigenvalue weighted by molar-refractivity contribution is -0.134. The first-order valence-corrected chi connectivity index (χ1v) is 8.36. The van der Waals surface area contributed by atoms with Crippen molar-refractivity contribution in [1.82, 2.24) is 4.90 Å². The fourth-order valence-electron chi connectivity index (χ4n) is 2.58. The van der Waals surface area contributed by atoms with E-state index in [9.17, 15) is 9.59 Å². The van der Waals surface area contributed by atoms with Crippen molar-refractivity contribution in [1.29, 1.82) is 5.26 Å². The second-order valence-electron chi connectivity index (χ2n) is 5.81. The van der Waals surface area contributed by atoms with Gasteiger partial charge in [-0.2, -0.15) is 5.26 Å². The molecule has 0 saturated carbocycles. The maximum atomic E-state index is 12.2. The van der Waals surface area contributed by atoms with E-state index in [4.69, 9.17) is 10.00 Å². The van der Waals surface area contributed by atoms with Crippen LogP contribution in [0.3, 0.4) is 0 Å². The Morgan fingerprint density at radius 3 is 3.04 bits per heavy atom. The molecule has 0 atom stereocenters. The molecule has 1 heterocycles. The molecular weight excluding hydrogens is 306 g/mol. The second kappa shape index (κ2) is 9.56. The van der Waals surface area contributed by atoms with E-state index >= 15 is 0 Å². The summed E-state index contributed by atoms with van der Waals surface area (Å²) in [5.74, 6) is 0.501. The fraction of sp³-hybridized carbons (Fsp3) is 0.500. The number of carbonyl (C=O) groups excluding carboxylic acids is 2. The Morgan fingerprint density at radius 1 is 1.33 bits per heavy atom. The van der Waals surface area contributed by atoms with Crippen LogP contribution in [0.5, 0.6) is 5.75 Å². The lowest BCUT2D eigenvalue weighted by Crippen LogP contribution is -2.37. The van der Waals surface area contributed by atoms with Gasteiger partial charge in [0.1, 0.15) is 5.75 Å². The highest BCUT2D eigenvalue weighted by molar-refractivity contribution is 5.94. The van der Waals surface area contributed by atoms with Crippen LogP contribution < -0.4 is 10.1 Å². The molecule has 1 fully saturated rings. The van der Waals surface area contributed by atoms with Crippen molar-refractivity contribution >= 4 is 17.5 Å². The number of ether oxygens (including phenoxy) is 1. The summed E-state index contributed by atoms with van der Waals surface area (Å²) in [6.07, 6.45) is 4.55. The zero-order chi connectivity index (χ0) is 17.2. The minimum Gasteiger partial charge on any atom is -0.493 e. The standard InChI is InChI=1S/C18H23N3O3/c19-10-3-5-12-24-16-8-6-7-15(13-16)20-17(22)14-21-11-4-1-2-9-18(21)23/h6-8,13H,1-5,9,11-12,14H2,(H,20,22). The van der Waals surface area contributed by atoms with E-state index in [2.05, 4.69) is 11.4 Å². The highest BCUT2D eigenvalue weighted by Gasteiger charge is 2.19. The normalized spacial score (nSPS) is 14.6. The van der Waals surface area contributed by atoms with Crippen molar-refractivity contribution in [3.63, 3.8) is 0 Å². The van der Waals surface area contributed by atoms with Gasteiger partial charge in [0.15, 0.2) is 0 Å². The van der Waals surface area contributed by atoms with Crippen LogP contribution in [0.4, 0.5) is 5.69 Å². The predicted molar refractivity (Wildman–Crippen MR) is 90.5 cm³/mol. The first-order chi connectivity index (χ1) is 11.7. The molecule has 2 rings (SSSR count). The summed E-state index contributed by atoms with van der Waals surface area (Å²) >= 11 is 0. The minimum absolute atomic E-state index is 0.0530. The van der Waals surface area contributed by atoms with Crippen LogP contribution in [-0.2, 0) is 9.59 Å². The van der Waals surface area contributed by atoms with Gasteiger partial charge < -0.3 is 15.0 Å². The maximum absolute atomic E-state index is 12.2. The number of nitrogens with one attached hydrogen (secondary N) is 1. The zero-order valence-electron chi connectivity index (χ0n) is 13.8. The van der Waals surface area contributed by atoms with Gasteiger partial charge in [-0.25, -0.2) is 0 Å². The van der Waals surface area contributed by atoms with Gasteiger partial charge in [-0.05, 0) is 31.4 Å². The van der Waals surface area contributed by atoms with Crippen molar-refractivity contribution in [2.45, 2.75) is 38.5 Å². The molecule has 6 heteroatoms. The smallest absolute Gasteiger partial charge is 0.243 e. The summed E-state index contributed by atoms with van der Waals surface area (Å²) in [4.78, 5) is 25.7. The number of rotatable bonds is 7. The van der Waals surface area contributed by atoms with Crippen LogP contribution in [0.2, 0.25) is 0 Å². The van der Waals surface area contributed by atoms with Gasteiger partial charge in [-0.15, -0.1) is 0 Å². The van der Waals surface area contributed by atoms with E-state index < -0.39 is 0 Å². The van der Waals surface area contributed by atoms with Crippen molar-refractivity contribution in [3.8, 4) is 11.8 Å². The van der Waals surface area contributed by atoms with Crippen molar-refractivity contribution < 1.29 is 14.3 Å². The molecule has 0 spiro atoms. The summed E-state index contributed by atoms with van der Waals surface area (Å²) in [6, 6.07) is 9.20. The Hall–Kier alpha value is -2.55. The maximum Gasteiger partial charge on any atom is 0.243 e. The van der Waals surface area contributed by atoms with Gasteiger partial charge in [-0.1, -0.05) is 12.5 Å². The summed E-state index contributed by atoms with van der Waals surface area (Å²) in [7, 11) is 0. The summed E-state index contributed by atoms with van der Waals surface area (Å²) in [6.45, 7) is 1.20. The molecule has 1 aliphatic rings. The Kier molecular flexibility index (Phi) is 7.09. The van der Waals surface area contributed by atoms with Crippen LogP contribution in [-0.4, -0.2) is 36.4 Å². The molecule has 0 radical (unpaired) electrons. The van der Waals surface area contributed by atoms with Crippen LogP contribution in [0.25, 0.3) is 0 Å². The molecule has 1 aromatic carbocycles. The summed E-state index contributed by atoms with van der Waals surface area (Å²) in [5, 5.41) is 11.3. The third-order valence-corrected chi connectivity index (χ3v) is 3.83. The van der Waals surface area contributed by atoms with Gasteiger partial charge in [0.2, 0.25) is 11.8 Å². The topological polar surface area (TPSA) is 82.4 Å². The molecule has 0 aliphatic carbocycles. The molecule has 0 bridgehead atoms. The highest BCUT2D eigenvalue weighted by atomic mass is 16.5. The quantitative estimate of drug-likeness (QED) is 0.780. The van der Waals surface area contributed by atoms with Gasteiger partial charge in [0, 0.05) is 31.1 Å². The monoisotopic (exact) mass is 329 g/mol. The molecule has 2 amide bonds. The largest absolute Gasteiger partial charge is 0.493 e. The van der Waals surface area contributed by atoms with Gasteiger partial charge in [0.05, 0.1) is 19.2 Å². The van der Waals surface area contributed by atoms with Crippen molar-refractivity contribution in [2.24, 2.45) is 0 Å². The molecule has 1 aromatic rings. The average molecular weight is 329 g/mol. The van der Waals surface area contributed by atoms with Gasteiger partial charge in [-0.3, -0.25) is 9.59 Å². The summed E-state index contributed by atoms with van der Waals surface area (Å²) < 4.78 is 5.55. The SMILES string of the molecule is N#CCCCOc1cccc(NC(=O)CN2CCCCCC2=O)c1. The van der Waals surface area contributed by atoms with Crippen LogP contribution in [0, 0.1) is 11.3 Å². The molecule has 6 nitrogen and oxygen atoms in total. The van der Waals surface area contributed by atoms with Crippen molar-refractivity contribution in [3.05, 3.63) is 24.3 Å². The number of nitriles is 1. The number of amides is 2. The summed E-state index contributed by atoms with van der Waals surface area (Å²) in [5.41, 5.74) is 0.639. The molecule has 0 unspecified atom stereocenters. The van der Waals surface area contributed by atoms with Crippen LogP contribution in [0.15, 0.2) is 24.3 Å². The zero-order valence-corrected chi connectivity index (χ0v) is 13.8. The second-order valence-corrected chi connectivity index (χ2v) is 5.81. The van der Waals surface area contributed by atoms with Crippen LogP contribution >= 0.6 is 0 Å². The van der Waals surface area contributed by atoms with E-state index in [1.54, 1.807) is 29.2 Å². The number of hydrogen-bond donors (Lipinski definition) is 1. The van der Waals surface area contributed by atoms with E-state index in [1.165, 1.54) is 0 Å². The van der Waals surface area contributed by atoms with E-state index in [1.807, 2.05) is 0 Å². The Bertz CT molecular complexity index is 610. The number of likely N-dealkylation sites (tertiary alicyclic amines) is 1. The highest BCUT2D eigenvalue weighted by Crippen LogP contribution is 2.18. The molecule has 1 aliphatic heterocycles. The Labute approximate surface area is 142 Å². The van der Waals surface area contributed by atoms with Crippen LogP contribution in [0.1, 0.15) is 38.5 Å². The predicted octanol–water partition coefficient (Wildman–Crippen LogP) is 2.71. The first kappa shape index (κ1) is 17.8. The number of carbonyl (C=O) groups is 2. The molecule has 0 aromatic heterocycles. The van der Waals surface area contributed by atoms with E-state index in [0.29, 0.717) is 43.9 Å². The number of hydrogen-bond acceptors (Lipinski definition) is 4. The molecule has 128 valence electrons. The fourth-order valence-corrected chi connectivity index (χ4v) is 2.58. The van der Waals surface area contributed by atoms with Gasteiger partial charge in [0.25, 0.3) is 0 Å². The number of benzene rings is 1. The molecule has 1 N–H and O–H groups in total. The first-order valence-electron chi connectivity index (χ1n) is 8.36. The molecule has 1 saturated heterocycles. The number of anilines is 1. The average Bonchev–Trinajstić information content (AvgIpc) is 2.77. The third-order valence-electron chi connectivity index (χ3n) is 3.83. The number of unbranched alkanes of at least 4 members (excludes halogenated alkanes) is 1. The Balaban J connectivity index is 1.84. The minimum atomic E-state index is -0.202. The van der Waals surface area contributed by atoms with E-state index in [-0.39, 0.29) is 18.4 Å². The lowest BCUT2D eigenvalue weighted by atomic mass is 10.2. The number of nitrogens with zero attached hydrogens (tertiary/aromatic N) is 2.